The van der Waals surface area contributed by atoms with Crippen molar-refractivity contribution in [2.24, 2.45) is 0 Å². The van der Waals surface area contributed by atoms with Crippen LogP contribution in [0.15, 0.2) is 34.9 Å². The minimum Gasteiger partial charge on any atom is -0.459 e. The van der Waals surface area contributed by atoms with Gasteiger partial charge in [0.2, 0.25) is 0 Å². The molecule has 3 rings (SSSR count). The second kappa shape index (κ2) is 5.53. The molecule has 6 nitrogen and oxygen atoms in total. The van der Waals surface area contributed by atoms with Crippen LogP contribution in [0.1, 0.15) is 42.6 Å². The molecule has 0 unspecified atom stereocenters. The van der Waals surface area contributed by atoms with E-state index in [0.29, 0.717) is 12.2 Å². The van der Waals surface area contributed by atoms with E-state index < -0.39 is 0 Å². The first-order chi connectivity index (χ1) is 10.9. The van der Waals surface area contributed by atoms with Gasteiger partial charge in [-0.25, -0.2) is 4.68 Å². The Kier molecular flexibility index (Phi) is 3.67. The summed E-state index contributed by atoms with van der Waals surface area (Å²) >= 11 is 0. The highest BCUT2D eigenvalue weighted by Crippen LogP contribution is 2.24. The average molecular weight is 312 g/mol. The predicted octanol–water partition coefficient (Wildman–Crippen LogP) is 3.02. The number of aryl methyl sites for hydroxylation is 1. The van der Waals surface area contributed by atoms with Gasteiger partial charge in [0.25, 0.3) is 5.91 Å². The van der Waals surface area contributed by atoms with Gasteiger partial charge in [-0.15, -0.1) is 5.10 Å². The van der Waals surface area contributed by atoms with Gasteiger partial charge >= 0.3 is 0 Å². The Morgan fingerprint density at radius 2 is 2.04 bits per heavy atom. The summed E-state index contributed by atoms with van der Waals surface area (Å²) in [6.07, 6.45) is 1.65. The quantitative estimate of drug-likeness (QED) is 0.807. The van der Waals surface area contributed by atoms with Crippen LogP contribution in [0.2, 0.25) is 0 Å². The highest BCUT2D eigenvalue weighted by atomic mass is 16.3. The van der Waals surface area contributed by atoms with Crippen LogP contribution < -0.4 is 5.32 Å². The maximum atomic E-state index is 12.2. The van der Waals surface area contributed by atoms with E-state index in [1.807, 2.05) is 52.0 Å². The van der Waals surface area contributed by atoms with Crippen molar-refractivity contribution in [3.63, 3.8) is 0 Å². The van der Waals surface area contributed by atoms with Crippen LogP contribution in [0, 0.1) is 6.92 Å². The molecule has 0 spiro atoms. The summed E-state index contributed by atoms with van der Waals surface area (Å²) in [5, 5.41) is 11.8. The molecule has 0 radical (unpaired) electrons. The Morgan fingerprint density at radius 3 is 2.70 bits per heavy atom. The highest BCUT2D eigenvalue weighted by Gasteiger charge is 2.19. The van der Waals surface area contributed by atoms with E-state index in [-0.39, 0.29) is 11.4 Å². The van der Waals surface area contributed by atoms with Crippen LogP contribution in [0.25, 0.3) is 11.0 Å². The molecule has 0 fully saturated rings. The third kappa shape index (κ3) is 2.97. The lowest BCUT2D eigenvalue weighted by molar-refractivity contribution is 0.0943. The molecule has 0 atom stereocenters. The number of carbonyl (C=O) groups excluding carboxylic acids is 1. The summed E-state index contributed by atoms with van der Waals surface area (Å²) in [7, 11) is 0. The number of fused-ring (bicyclic) bond motifs is 1. The number of hydrogen-bond acceptors (Lipinski definition) is 4. The van der Waals surface area contributed by atoms with Gasteiger partial charge in [-0.05, 0) is 33.8 Å². The Labute approximate surface area is 134 Å². The first-order valence-corrected chi connectivity index (χ1v) is 7.54. The van der Waals surface area contributed by atoms with Crippen molar-refractivity contribution in [1.82, 2.24) is 20.3 Å². The van der Waals surface area contributed by atoms with Gasteiger partial charge in [-0.3, -0.25) is 4.79 Å². The standard InChI is InChI=1S/C17H20N4O2/c1-11-12-7-5-6-8-14(12)23-15(11)9-18-16(22)13-10-21(20-19-13)17(2,3)4/h5-8,10H,9H2,1-4H3,(H,18,22). The van der Waals surface area contributed by atoms with Gasteiger partial charge in [0, 0.05) is 10.9 Å². The molecule has 1 N–H and O–H groups in total. The Hall–Kier alpha value is -2.63. The van der Waals surface area contributed by atoms with Crippen molar-refractivity contribution in [2.45, 2.75) is 39.8 Å². The number of nitrogens with one attached hydrogen (secondary N) is 1. The zero-order valence-electron chi connectivity index (χ0n) is 13.8. The lowest BCUT2D eigenvalue weighted by Gasteiger charge is -2.17. The topological polar surface area (TPSA) is 73.0 Å². The smallest absolute Gasteiger partial charge is 0.273 e. The number of amides is 1. The van der Waals surface area contributed by atoms with Gasteiger partial charge in [0.05, 0.1) is 18.3 Å². The number of aromatic nitrogens is 3. The zero-order valence-corrected chi connectivity index (χ0v) is 13.8. The van der Waals surface area contributed by atoms with E-state index in [1.165, 1.54) is 0 Å². The average Bonchev–Trinajstić information content (AvgIpc) is 3.11. The number of hydrogen-bond donors (Lipinski definition) is 1. The van der Waals surface area contributed by atoms with Gasteiger partial charge in [-0.1, -0.05) is 23.4 Å². The van der Waals surface area contributed by atoms with E-state index in [9.17, 15) is 4.79 Å². The number of rotatable bonds is 3. The summed E-state index contributed by atoms with van der Waals surface area (Å²) in [5.74, 6) is 0.489. The largest absolute Gasteiger partial charge is 0.459 e. The van der Waals surface area contributed by atoms with Crippen LogP contribution in [0.3, 0.4) is 0 Å². The molecule has 2 heterocycles. The second-order valence-electron chi connectivity index (χ2n) is 6.55. The van der Waals surface area contributed by atoms with Crippen molar-refractivity contribution >= 4 is 16.9 Å². The highest BCUT2D eigenvalue weighted by molar-refractivity contribution is 5.92. The lowest BCUT2D eigenvalue weighted by Crippen LogP contribution is -2.24. The molecular weight excluding hydrogens is 292 g/mol. The van der Waals surface area contributed by atoms with Gasteiger partial charge < -0.3 is 9.73 Å². The van der Waals surface area contributed by atoms with Crippen molar-refractivity contribution in [2.75, 3.05) is 0 Å². The first kappa shape index (κ1) is 15.3. The fourth-order valence-electron chi connectivity index (χ4n) is 2.34. The number of carbonyl (C=O) groups is 1. The van der Waals surface area contributed by atoms with Crippen LogP contribution in [-0.2, 0) is 12.1 Å². The molecule has 3 aromatic rings. The number of para-hydroxylation sites is 1. The zero-order chi connectivity index (χ0) is 16.6. The minimum absolute atomic E-state index is 0.207. The maximum Gasteiger partial charge on any atom is 0.273 e. The first-order valence-electron chi connectivity index (χ1n) is 7.54. The molecule has 0 aliphatic rings. The summed E-state index contributed by atoms with van der Waals surface area (Å²) in [5.41, 5.74) is 1.96. The lowest BCUT2D eigenvalue weighted by atomic mass is 10.1. The summed E-state index contributed by atoms with van der Waals surface area (Å²) in [6.45, 7) is 8.31. The molecule has 2 aromatic heterocycles. The van der Waals surface area contributed by atoms with Crippen LogP contribution in [-0.4, -0.2) is 20.9 Å². The van der Waals surface area contributed by atoms with E-state index in [0.717, 1.165) is 22.3 Å². The van der Waals surface area contributed by atoms with Crippen molar-refractivity contribution in [3.05, 3.63) is 47.5 Å². The molecule has 0 aliphatic carbocycles. The van der Waals surface area contributed by atoms with Gasteiger partial charge in [-0.2, -0.15) is 0 Å². The van der Waals surface area contributed by atoms with Crippen LogP contribution >= 0.6 is 0 Å². The molecule has 120 valence electrons. The van der Waals surface area contributed by atoms with Crippen molar-refractivity contribution < 1.29 is 9.21 Å². The number of furan rings is 1. The molecular formula is C17H20N4O2. The van der Waals surface area contributed by atoms with Gasteiger partial charge in [0.1, 0.15) is 11.3 Å². The molecule has 0 saturated heterocycles. The van der Waals surface area contributed by atoms with E-state index in [1.54, 1.807) is 10.9 Å². The monoisotopic (exact) mass is 312 g/mol. The van der Waals surface area contributed by atoms with E-state index in [2.05, 4.69) is 15.6 Å². The van der Waals surface area contributed by atoms with E-state index >= 15 is 0 Å². The Balaban J connectivity index is 1.73. The summed E-state index contributed by atoms with van der Waals surface area (Å²) in [6, 6.07) is 7.83. The molecule has 1 aromatic carbocycles. The predicted molar refractivity (Wildman–Crippen MR) is 87.1 cm³/mol. The van der Waals surface area contributed by atoms with Crippen molar-refractivity contribution in [1.29, 1.82) is 0 Å². The summed E-state index contributed by atoms with van der Waals surface area (Å²) < 4.78 is 7.46. The van der Waals surface area contributed by atoms with Crippen LogP contribution in [0.4, 0.5) is 0 Å². The minimum atomic E-state index is -0.264. The second-order valence-corrected chi connectivity index (χ2v) is 6.55. The number of benzene rings is 1. The number of nitrogens with zero attached hydrogens (tertiary/aromatic N) is 3. The Bertz CT molecular complexity index is 855. The van der Waals surface area contributed by atoms with Gasteiger partial charge in [0.15, 0.2) is 5.69 Å². The van der Waals surface area contributed by atoms with Crippen LogP contribution in [0.5, 0.6) is 0 Å². The SMILES string of the molecule is Cc1c(CNC(=O)c2cn(C(C)(C)C)nn2)oc2ccccc12. The molecule has 0 aliphatic heterocycles. The summed E-state index contributed by atoms with van der Waals surface area (Å²) in [4.78, 5) is 12.2. The molecule has 0 bridgehead atoms. The maximum absolute atomic E-state index is 12.2. The van der Waals surface area contributed by atoms with Crippen molar-refractivity contribution in [3.8, 4) is 0 Å². The fraction of sp³-hybridized carbons (Fsp3) is 0.353. The third-order valence-electron chi connectivity index (χ3n) is 3.77. The molecule has 23 heavy (non-hydrogen) atoms. The molecule has 1 amide bonds. The third-order valence-corrected chi connectivity index (χ3v) is 3.77. The Morgan fingerprint density at radius 1 is 1.30 bits per heavy atom. The molecule has 0 saturated carbocycles. The molecule has 6 heteroatoms. The fourth-order valence-corrected chi connectivity index (χ4v) is 2.34. The normalized spacial score (nSPS) is 11.8. The van der Waals surface area contributed by atoms with E-state index in [4.69, 9.17) is 4.42 Å².